The molecule has 5 heteroatoms. The number of rotatable bonds is 5. The van der Waals surface area contributed by atoms with Gasteiger partial charge in [-0.2, -0.15) is 0 Å². The molecule has 0 bridgehead atoms. The Balaban J connectivity index is 2.20. The second-order valence-corrected chi connectivity index (χ2v) is 3.95. The number of likely N-dealkylation sites (N-methyl/N-ethyl adjacent to an activating group) is 1. The molecule has 2 N–H and O–H groups in total. The summed E-state index contributed by atoms with van der Waals surface area (Å²) in [5, 5.41) is 3.05. The first-order valence-electron chi connectivity index (χ1n) is 5.77. The van der Waals surface area contributed by atoms with Crippen molar-refractivity contribution in [1.29, 1.82) is 0 Å². The lowest BCUT2D eigenvalue weighted by Crippen LogP contribution is -2.10. The Bertz CT molecular complexity index is 525. The van der Waals surface area contributed by atoms with Crippen molar-refractivity contribution >= 4 is 0 Å². The molecule has 2 aromatic rings. The van der Waals surface area contributed by atoms with Gasteiger partial charge in [0, 0.05) is 18.5 Å². The van der Waals surface area contributed by atoms with Gasteiger partial charge in [-0.25, -0.2) is 9.37 Å². The zero-order chi connectivity index (χ0) is 13.0. The number of H-pyrrole nitrogens is 1. The quantitative estimate of drug-likeness (QED) is 0.852. The molecule has 1 aromatic heterocycles. The second kappa shape index (κ2) is 5.64. The van der Waals surface area contributed by atoms with Crippen LogP contribution in [-0.4, -0.2) is 30.7 Å². The normalized spacial score (nSPS) is 10.6. The molecule has 1 aromatic carbocycles. The number of hydrogen-bond donors (Lipinski definition) is 2. The van der Waals surface area contributed by atoms with Crippen molar-refractivity contribution in [2.75, 3.05) is 20.7 Å². The molecule has 18 heavy (non-hydrogen) atoms. The van der Waals surface area contributed by atoms with Crippen LogP contribution >= 0.6 is 0 Å². The molecule has 0 aliphatic rings. The Kier molecular flexibility index (Phi) is 3.94. The van der Waals surface area contributed by atoms with Crippen LogP contribution in [0.25, 0.3) is 11.3 Å². The van der Waals surface area contributed by atoms with Crippen LogP contribution in [-0.2, 0) is 6.42 Å². The molecule has 0 saturated heterocycles. The van der Waals surface area contributed by atoms with Gasteiger partial charge >= 0.3 is 0 Å². The molecule has 0 aliphatic carbocycles. The van der Waals surface area contributed by atoms with Gasteiger partial charge in [-0.15, -0.1) is 0 Å². The monoisotopic (exact) mass is 249 g/mol. The van der Waals surface area contributed by atoms with E-state index in [1.165, 1.54) is 13.2 Å². The summed E-state index contributed by atoms with van der Waals surface area (Å²) in [6, 6.07) is 4.85. The first kappa shape index (κ1) is 12.6. The Morgan fingerprint density at radius 3 is 2.94 bits per heavy atom. The predicted octanol–water partition coefficient (Wildman–Crippen LogP) is 1.99. The molecule has 0 spiro atoms. The number of nitrogens with zero attached hydrogens (tertiary/aromatic N) is 1. The highest BCUT2D eigenvalue weighted by Crippen LogP contribution is 2.24. The van der Waals surface area contributed by atoms with Crippen LogP contribution in [0, 0.1) is 5.82 Å². The third-order valence-electron chi connectivity index (χ3n) is 2.70. The van der Waals surface area contributed by atoms with Crippen LogP contribution in [0.5, 0.6) is 5.75 Å². The average Bonchev–Trinajstić information content (AvgIpc) is 2.85. The number of aromatic amines is 1. The molecular weight excluding hydrogens is 233 g/mol. The number of hydrogen-bond acceptors (Lipinski definition) is 3. The van der Waals surface area contributed by atoms with Gasteiger partial charge in [0.25, 0.3) is 0 Å². The SMILES string of the molecule is CNCCc1ncc(-c2ccc(OC)c(F)c2)[nH]1. The van der Waals surface area contributed by atoms with Gasteiger partial charge < -0.3 is 15.0 Å². The zero-order valence-electron chi connectivity index (χ0n) is 10.5. The standard InChI is InChI=1S/C13H16FN3O/c1-15-6-5-13-16-8-11(17-13)9-3-4-12(18-2)10(14)7-9/h3-4,7-8,15H,5-6H2,1-2H3,(H,16,17). The van der Waals surface area contributed by atoms with E-state index in [4.69, 9.17) is 4.74 Å². The first-order valence-corrected chi connectivity index (χ1v) is 5.77. The van der Waals surface area contributed by atoms with Crippen LogP contribution in [0.1, 0.15) is 5.82 Å². The summed E-state index contributed by atoms with van der Waals surface area (Å²) in [6.45, 7) is 0.851. The third-order valence-corrected chi connectivity index (χ3v) is 2.70. The van der Waals surface area contributed by atoms with E-state index in [-0.39, 0.29) is 11.6 Å². The van der Waals surface area contributed by atoms with Gasteiger partial charge in [-0.1, -0.05) is 0 Å². The molecule has 0 unspecified atom stereocenters. The fraction of sp³-hybridized carbons (Fsp3) is 0.308. The predicted molar refractivity (Wildman–Crippen MR) is 68.2 cm³/mol. The lowest BCUT2D eigenvalue weighted by molar-refractivity contribution is 0.386. The summed E-state index contributed by atoms with van der Waals surface area (Å²) < 4.78 is 18.5. The molecule has 2 rings (SSSR count). The molecule has 4 nitrogen and oxygen atoms in total. The molecule has 0 fully saturated rings. The van der Waals surface area contributed by atoms with Crippen molar-refractivity contribution in [1.82, 2.24) is 15.3 Å². The van der Waals surface area contributed by atoms with Gasteiger partial charge in [-0.05, 0) is 25.2 Å². The summed E-state index contributed by atoms with van der Waals surface area (Å²) in [4.78, 5) is 7.42. The van der Waals surface area contributed by atoms with Crippen molar-refractivity contribution in [3.8, 4) is 17.0 Å². The van der Waals surface area contributed by atoms with Gasteiger partial charge in [-0.3, -0.25) is 0 Å². The minimum absolute atomic E-state index is 0.244. The maximum Gasteiger partial charge on any atom is 0.165 e. The van der Waals surface area contributed by atoms with E-state index in [0.29, 0.717) is 0 Å². The van der Waals surface area contributed by atoms with Crippen molar-refractivity contribution in [3.63, 3.8) is 0 Å². The summed E-state index contributed by atoms with van der Waals surface area (Å²) >= 11 is 0. The first-order chi connectivity index (χ1) is 8.74. The van der Waals surface area contributed by atoms with Crippen molar-refractivity contribution in [2.24, 2.45) is 0 Å². The molecule has 0 saturated carbocycles. The fourth-order valence-corrected chi connectivity index (χ4v) is 1.71. The highest BCUT2D eigenvalue weighted by atomic mass is 19.1. The summed E-state index contributed by atoms with van der Waals surface area (Å²) in [5.41, 5.74) is 1.57. The zero-order valence-corrected chi connectivity index (χ0v) is 10.5. The number of aromatic nitrogens is 2. The van der Waals surface area contributed by atoms with E-state index >= 15 is 0 Å². The van der Waals surface area contributed by atoms with Crippen LogP contribution in [0.3, 0.4) is 0 Å². The number of methoxy groups -OCH3 is 1. The molecule has 96 valence electrons. The maximum absolute atomic E-state index is 13.6. The van der Waals surface area contributed by atoms with Crippen LogP contribution in [0.15, 0.2) is 24.4 Å². The maximum atomic E-state index is 13.6. The van der Waals surface area contributed by atoms with Gasteiger partial charge in [0.1, 0.15) is 5.82 Å². The van der Waals surface area contributed by atoms with Crippen LogP contribution < -0.4 is 10.1 Å². The molecule has 0 atom stereocenters. The van der Waals surface area contributed by atoms with Gasteiger partial charge in [0.2, 0.25) is 0 Å². The summed E-state index contributed by atoms with van der Waals surface area (Å²) in [7, 11) is 3.34. The van der Waals surface area contributed by atoms with Gasteiger partial charge in [0.05, 0.1) is 19.0 Å². The van der Waals surface area contributed by atoms with Gasteiger partial charge in [0.15, 0.2) is 11.6 Å². The number of ether oxygens (including phenoxy) is 1. The van der Waals surface area contributed by atoms with Crippen LogP contribution in [0.4, 0.5) is 4.39 Å². The molecule has 0 aliphatic heterocycles. The Morgan fingerprint density at radius 1 is 1.44 bits per heavy atom. The molecule has 1 heterocycles. The lowest BCUT2D eigenvalue weighted by atomic mass is 10.1. The Hall–Kier alpha value is -1.88. The third kappa shape index (κ3) is 2.68. The van der Waals surface area contributed by atoms with E-state index in [2.05, 4.69) is 15.3 Å². The second-order valence-electron chi connectivity index (χ2n) is 3.95. The van der Waals surface area contributed by atoms with E-state index in [0.717, 1.165) is 30.0 Å². The average molecular weight is 249 g/mol. The van der Waals surface area contributed by atoms with E-state index in [9.17, 15) is 4.39 Å². The smallest absolute Gasteiger partial charge is 0.165 e. The number of imidazole rings is 1. The Morgan fingerprint density at radius 2 is 2.28 bits per heavy atom. The highest BCUT2D eigenvalue weighted by molar-refractivity contribution is 5.59. The highest BCUT2D eigenvalue weighted by Gasteiger charge is 2.07. The number of halogens is 1. The summed E-state index contributed by atoms with van der Waals surface area (Å²) in [5.74, 6) is 0.755. The van der Waals surface area contributed by atoms with E-state index < -0.39 is 0 Å². The number of nitrogens with one attached hydrogen (secondary N) is 2. The summed E-state index contributed by atoms with van der Waals surface area (Å²) in [6.07, 6.45) is 2.53. The van der Waals surface area contributed by atoms with Crippen molar-refractivity contribution in [2.45, 2.75) is 6.42 Å². The minimum Gasteiger partial charge on any atom is -0.494 e. The van der Waals surface area contributed by atoms with Crippen molar-refractivity contribution < 1.29 is 9.13 Å². The Labute approximate surface area is 105 Å². The molecule has 0 radical (unpaired) electrons. The topological polar surface area (TPSA) is 49.9 Å². The van der Waals surface area contributed by atoms with Crippen molar-refractivity contribution in [3.05, 3.63) is 36.0 Å². The van der Waals surface area contributed by atoms with E-state index in [1.54, 1.807) is 18.3 Å². The van der Waals surface area contributed by atoms with Crippen LogP contribution in [0.2, 0.25) is 0 Å². The molecule has 0 amide bonds. The lowest BCUT2D eigenvalue weighted by Gasteiger charge is -2.03. The fourth-order valence-electron chi connectivity index (χ4n) is 1.71. The van der Waals surface area contributed by atoms with E-state index in [1.807, 2.05) is 7.05 Å². The number of benzene rings is 1. The largest absolute Gasteiger partial charge is 0.494 e. The minimum atomic E-state index is -0.374. The molecular formula is C13H16FN3O.